The Balaban J connectivity index is 3.06. The lowest BCUT2D eigenvalue weighted by Gasteiger charge is -2.14. The molecule has 92 valence electrons. The predicted octanol–water partition coefficient (Wildman–Crippen LogP) is 0.799. The van der Waals surface area contributed by atoms with Crippen LogP contribution >= 0.6 is 0 Å². The van der Waals surface area contributed by atoms with Gasteiger partial charge >= 0.3 is 0 Å². The molecule has 1 rings (SSSR count). The van der Waals surface area contributed by atoms with Crippen molar-refractivity contribution < 1.29 is 18.4 Å². The first-order chi connectivity index (χ1) is 7.90. The summed E-state index contributed by atoms with van der Waals surface area (Å²) in [5, 5.41) is 0. The Morgan fingerprint density at radius 3 is 2.12 bits per heavy atom. The molecule has 0 aliphatic rings. The van der Waals surface area contributed by atoms with Crippen LogP contribution in [0.15, 0.2) is 18.2 Å². The van der Waals surface area contributed by atoms with Crippen LogP contribution in [0, 0.1) is 11.6 Å². The van der Waals surface area contributed by atoms with E-state index in [0.717, 1.165) is 18.2 Å². The molecule has 0 heterocycles. The van der Waals surface area contributed by atoms with E-state index in [1.54, 1.807) is 0 Å². The molecule has 0 aliphatic heterocycles. The first-order valence-corrected chi connectivity index (χ1v) is 4.91. The normalized spacial score (nSPS) is 10.5. The minimum Gasteiger partial charge on any atom is -0.370 e. The Labute approximate surface area is 96.6 Å². The van der Waals surface area contributed by atoms with Crippen molar-refractivity contribution in [3.63, 3.8) is 0 Å². The van der Waals surface area contributed by atoms with E-state index in [0.29, 0.717) is 0 Å². The number of hydrogen-bond donors (Lipinski definition) is 2. The highest BCUT2D eigenvalue weighted by atomic mass is 19.1. The lowest BCUT2D eigenvalue weighted by molar-refractivity contribution is -0.119. The van der Waals surface area contributed by atoms with Gasteiger partial charge in [-0.2, -0.15) is 0 Å². The number of nitrogens with two attached hydrogens (primary N) is 2. The summed E-state index contributed by atoms with van der Waals surface area (Å²) in [5.41, 5.74) is 9.91. The Hall–Kier alpha value is -1.98. The van der Waals surface area contributed by atoms with Gasteiger partial charge < -0.3 is 11.5 Å². The minimum absolute atomic E-state index is 0.0670. The number of rotatable bonds is 5. The summed E-state index contributed by atoms with van der Waals surface area (Å²) < 4.78 is 26.4. The lowest BCUT2D eigenvalue weighted by atomic mass is 9.91. The zero-order valence-electron chi connectivity index (χ0n) is 8.95. The topological polar surface area (TPSA) is 86.2 Å². The lowest BCUT2D eigenvalue weighted by Crippen LogP contribution is -2.21. The summed E-state index contributed by atoms with van der Waals surface area (Å²) in [6.45, 7) is 0. The molecule has 2 amide bonds. The van der Waals surface area contributed by atoms with E-state index in [1.807, 2.05) is 0 Å². The summed E-state index contributed by atoms with van der Waals surface area (Å²) in [6.07, 6.45) is -0.521. The third kappa shape index (κ3) is 3.82. The van der Waals surface area contributed by atoms with Crippen LogP contribution in [0.5, 0.6) is 0 Å². The van der Waals surface area contributed by atoms with Crippen molar-refractivity contribution in [2.45, 2.75) is 18.8 Å². The van der Waals surface area contributed by atoms with Gasteiger partial charge in [0.15, 0.2) is 0 Å². The minimum atomic E-state index is -0.833. The first kappa shape index (κ1) is 13.1. The average Bonchev–Trinajstić information content (AvgIpc) is 2.19. The van der Waals surface area contributed by atoms with E-state index < -0.39 is 29.4 Å². The van der Waals surface area contributed by atoms with Crippen LogP contribution in [-0.2, 0) is 9.59 Å². The molecule has 0 aromatic heterocycles. The fourth-order valence-corrected chi connectivity index (χ4v) is 1.61. The Kier molecular flexibility index (Phi) is 4.14. The number of primary amides is 2. The zero-order valence-corrected chi connectivity index (χ0v) is 8.95. The fourth-order valence-electron chi connectivity index (χ4n) is 1.61. The molecule has 0 fully saturated rings. The van der Waals surface area contributed by atoms with Crippen molar-refractivity contribution in [3.8, 4) is 0 Å². The van der Waals surface area contributed by atoms with Gasteiger partial charge in [0.05, 0.1) is 0 Å². The first-order valence-electron chi connectivity index (χ1n) is 4.91. The summed E-state index contributed by atoms with van der Waals surface area (Å²) in [7, 11) is 0. The molecule has 6 heteroatoms. The summed E-state index contributed by atoms with van der Waals surface area (Å²) in [4.78, 5) is 21.6. The molecule has 0 atom stereocenters. The van der Waals surface area contributed by atoms with Gasteiger partial charge in [-0.25, -0.2) is 8.78 Å². The quantitative estimate of drug-likeness (QED) is 0.800. The highest BCUT2D eigenvalue weighted by Crippen LogP contribution is 2.26. The third-order valence-electron chi connectivity index (χ3n) is 2.29. The van der Waals surface area contributed by atoms with Crippen molar-refractivity contribution in [2.75, 3.05) is 0 Å². The van der Waals surface area contributed by atoms with Crippen molar-refractivity contribution >= 4 is 11.8 Å². The van der Waals surface area contributed by atoms with Crippen LogP contribution in [0.4, 0.5) is 8.78 Å². The zero-order chi connectivity index (χ0) is 13.0. The Bertz CT molecular complexity index is 433. The van der Waals surface area contributed by atoms with E-state index in [1.165, 1.54) is 0 Å². The molecule has 0 aliphatic carbocycles. The van der Waals surface area contributed by atoms with Crippen molar-refractivity contribution in [2.24, 2.45) is 11.5 Å². The standard InChI is InChI=1S/C11H12F2N2O2/c12-7-1-2-9(13)8(5-7)6(3-10(14)16)4-11(15)17/h1-2,5-6H,3-4H2,(H2,14,16)(H2,15,17). The van der Waals surface area contributed by atoms with Crippen LogP contribution in [0.2, 0.25) is 0 Å². The van der Waals surface area contributed by atoms with Crippen molar-refractivity contribution in [1.29, 1.82) is 0 Å². The highest BCUT2D eigenvalue weighted by molar-refractivity contribution is 5.78. The molecule has 0 bridgehead atoms. The molecular weight excluding hydrogens is 230 g/mol. The van der Waals surface area contributed by atoms with E-state index >= 15 is 0 Å². The number of carbonyl (C=O) groups is 2. The molecule has 0 saturated carbocycles. The molecule has 17 heavy (non-hydrogen) atoms. The van der Waals surface area contributed by atoms with Gasteiger partial charge in [-0.05, 0) is 23.8 Å². The second kappa shape index (κ2) is 5.38. The molecule has 0 radical (unpaired) electrons. The van der Waals surface area contributed by atoms with Gasteiger partial charge in [0, 0.05) is 18.8 Å². The van der Waals surface area contributed by atoms with Crippen LogP contribution in [0.1, 0.15) is 24.3 Å². The second-order valence-corrected chi connectivity index (χ2v) is 3.70. The fraction of sp³-hybridized carbons (Fsp3) is 0.273. The maximum absolute atomic E-state index is 13.4. The molecule has 0 unspecified atom stereocenters. The second-order valence-electron chi connectivity index (χ2n) is 3.70. The van der Waals surface area contributed by atoms with Gasteiger partial charge in [0.2, 0.25) is 11.8 Å². The average molecular weight is 242 g/mol. The third-order valence-corrected chi connectivity index (χ3v) is 2.29. The van der Waals surface area contributed by atoms with Gasteiger partial charge in [-0.1, -0.05) is 0 Å². The van der Waals surface area contributed by atoms with Crippen LogP contribution in [-0.4, -0.2) is 11.8 Å². The SMILES string of the molecule is NC(=O)CC(CC(N)=O)c1cc(F)ccc1F. The maximum atomic E-state index is 13.4. The summed E-state index contributed by atoms with van der Waals surface area (Å²) >= 11 is 0. The molecule has 1 aromatic carbocycles. The van der Waals surface area contributed by atoms with Crippen molar-refractivity contribution in [1.82, 2.24) is 0 Å². The van der Waals surface area contributed by atoms with Crippen molar-refractivity contribution in [3.05, 3.63) is 35.4 Å². The molecule has 0 saturated heterocycles. The van der Waals surface area contributed by atoms with Crippen LogP contribution in [0.25, 0.3) is 0 Å². The Morgan fingerprint density at radius 2 is 1.65 bits per heavy atom. The van der Waals surface area contributed by atoms with Gasteiger partial charge in [0.25, 0.3) is 0 Å². The number of halogens is 2. The predicted molar refractivity (Wildman–Crippen MR) is 56.7 cm³/mol. The Morgan fingerprint density at radius 1 is 1.12 bits per heavy atom. The number of amides is 2. The highest BCUT2D eigenvalue weighted by Gasteiger charge is 2.20. The molecule has 1 aromatic rings. The summed E-state index contributed by atoms with van der Waals surface area (Å²) in [6, 6.07) is 2.82. The van der Waals surface area contributed by atoms with Crippen LogP contribution < -0.4 is 11.5 Å². The largest absolute Gasteiger partial charge is 0.370 e. The van der Waals surface area contributed by atoms with E-state index in [9.17, 15) is 18.4 Å². The van der Waals surface area contributed by atoms with Gasteiger partial charge in [0.1, 0.15) is 11.6 Å². The van der Waals surface area contributed by atoms with E-state index in [-0.39, 0.29) is 18.4 Å². The smallest absolute Gasteiger partial charge is 0.218 e. The summed E-state index contributed by atoms with van der Waals surface area (Å²) in [5.74, 6) is -3.60. The van der Waals surface area contributed by atoms with Gasteiger partial charge in [-0.3, -0.25) is 9.59 Å². The molecule has 4 nitrogen and oxygen atoms in total. The van der Waals surface area contributed by atoms with Crippen LogP contribution in [0.3, 0.4) is 0 Å². The van der Waals surface area contributed by atoms with Gasteiger partial charge in [-0.15, -0.1) is 0 Å². The molecule has 0 spiro atoms. The van der Waals surface area contributed by atoms with E-state index in [4.69, 9.17) is 11.5 Å². The van der Waals surface area contributed by atoms with E-state index in [2.05, 4.69) is 0 Å². The monoisotopic (exact) mass is 242 g/mol. The number of hydrogen-bond acceptors (Lipinski definition) is 2. The number of carbonyl (C=O) groups excluding carboxylic acids is 2. The maximum Gasteiger partial charge on any atom is 0.218 e. The molecule has 4 N–H and O–H groups in total. The molecular formula is C11H12F2N2O2. The number of benzene rings is 1.